The van der Waals surface area contributed by atoms with Crippen molar-refractivity contribution >= 4 is 0 Å². The van der Waals surface area contributed by atoms with Crippen LogP contribution >= 0.6 is 0 Å². The molecule has 0 saturated heterocycles. The average molecular weight is 319 g/mol. The second kappa shape index (κ2) is 3.52. The molecule has 0 aliphatic heterocycles. The molecular formula is C10H15F3I-. The number of alkyl halides is 5. The van der Waals surface area contributed by atoms with Crippen LogP contribution in [-0.4, -0.2) is 15.0 Å². The van der Waals surface area contributed by atoms with Gasteiger partial charge in [0.2, 0.25) is 0 Å². The summed E-state index contributed by atoms with van der Waals surface area (Å²) in [6.07, 6.45) is -0.611. The Morgan fingerprint density at radius 2 is 1.79 bits per heavy atom. The fraction of sp³-hybridized carbons (Fsp3) is 1.00. The van der Waals surface area contributed by atoms with Gasteiger partial charge in [0.25, 0.3) is 0 Å². The second-order valence-corrected chi connectivity index (χ2v) is 7.27. The van der Waals surface area contributed by atoms with Gasteiger partial charge in [-0.05, 0) is 0 Å². The van der Waals surface area contributed by atoms with Crippen molar-refractivity contribution in [2.75, 3.05) is 4.93 Å². The molecule has 0 aromatic carbocycles. The average Bonchev–Trinajstić information content (AvgIpc) is 2.17. The van der Waals surface area contributed by atoms with Crippen molar-refractivity contribution in [2.24, 2.45) is 11.3 Å². The van der Waals surface area contributed by atoms with Gasteiger partial charge in [0.1, 0.15) is 0 Å². The van der Waals surface area contributed by atoms with Gasteiger partial charge >= 0.3 is 92.8 Å². The van der Waals surface area contributed by atoms with E-state index in [1.54, 1.807) is 0 Å². The third-order valence-electron chi connectivity index (χ3n) is 3.97. The zero-order chi connectivity index (χ0) is 10.4. The van der Waals surface area contributed by atoms with Crippen molar-refractivity contribution in [3.05, 3.63) is 0 Å². The van der Waals surface area contributed by atoms with Crippen molar-refractivity contribution in [3.63, 3.8) is 0 Å². The fourth-order valence-electron chi connectivity index (χ4n) is 3.02. The molecule has 84 valence electrons. The molecule has 0 heterocycles. The summed E-state index contributed by atoms with van der Waals surface area (Å²) in [5.74, 6) is 0.615. The van der Waals surface area contributed by atoms with E-state index in [2.05, 4.69) is 0 Å². The minimum absolute atomic E-state index is 0.00815. The van der Waals surface area contributed by atoms with Gasteiger partial charge in [-0.25, -0.2) is 0 Å². The van der Waals surface area contributed by atoms with E-state index in [1.165, 1.54) is 0 Å². The Labute approximate surface area is 92.9 Å². The third-order valence-corrected chi connectivity index (χ3v) is 7.17. The molecular weight excluding hydrogens is 304 g/mol. The first kappa shape index (κ1) is 11.0. The summed E-state index contributed by atoms with van der Waals surface area (Å²) in [7, 11) is 0. The van der Waals surface area contributed by atoms with E-state index >= 15 is 0 Å². The minimum atomic E-state index is -3.95. The van der Waals surface area contributed by atoms with E-state index < -0.39 is 11.6 Å². The van der Waals surface area contributed by atoms with E-state index in [0.717, 1.165) is 19.3 Å². The van der Waals surface area contributed by atoms with E-state index in [4.69, 9.17) is 0 Å². The summed E-state index contributed by atoms with van der Waals surface area (Å²) in [6, 6.07) is 0. The molecule has 0 aromatic heterocycles. The van der Waals surface area contributed by atoms with Gasteiger partial charge in [0, 0.05) is 0 Å². The first-order chi connectivity index (χ1) is 6.49. The zero-order valence-corrected chi connectivity index (χ0v) is 10.4. The number of hydrogen-bond donors (Lipinski definition) is 0. The summed E-state index contributed by atoms with van der Waals surface area (Å²) in [5.41, 5.74) is -1.26. The van der Waals surface area contributed by atoms with Gasteiger partial charge < -0.3 is 0 Å². The molecule has 1 unspecified atom stereocenters. The van der Waals surface area contributed by atoms with Gasteiger partial charge in [-0.15, -0.1) is 0 Å². The Balaban J connectivity index is 2.28. The van der Waals surface area contributed by atoms with Crippen LogP contribution in [0.4, 0.5) is 13.2 Å². The Morgan fingerprint density at radius 1 is 1.21 bits per heavy atom. The summed E-state index contributed by atoms with van der Waals surface area (Å²) in [5, 5.41) is 0. The van der Waals surface area contributed by atoms with Crippen molar-refractivity contribution in [2.45, 2.75) is 42.2 Å². The Kier molecular flexibility index (Phi) is 2.77. The Hall–Kier alpha value is 0.520. The molecule has 1 atom stereocenters. The molecule has 0 spiro atoms. The van der Waals surface area contributed by atoms with Crippen LogP contribution in [0.5, 0.6) is 0 Å². The van der Waals surface area contributed by atoms with Gasteiger partial charge in [0.15, 0.2) is 0 Å². The fourth-order valence-corrected chi connectivity index (χ4v) is 6.41. The van der Waals surface area contributed by atoms with Gasteiger partial charge in [-0.1, -0.05) is 0 Å². The molecule has 0 N–H and O–H groups in total. The maximum absolute atomic E-state index is 13.1. The van der Waals surface area contributed by atoms with Crippen LogP contribution in [-0.2, 0) is 0 Å². The SMILES string of the molecule is C[I-]C1CC2CCC1(C(F)(F)F)CC2. The molecule has 3 aliphatic carbocycles. The molecule has 3 rings (SSSR count). The van der Waals surface area contributed by atoms with Crippen LogP contribution in [0.25, 0.3) is 0 Å². The molecule has 0 aromatic rings. The number of fused-ring (bicyclic) bond motifs is 3. The molecule has 0 nitrogen and oxygen atoms in total. The number of halogens is 4. The monoisotopic (exact) mass is 319 g/mol. The molecule has 3 aliphatic rings. The Bertz CT molecular complexity index is 216. The summed E-state index contributed by atoms with van der Waals surface area (Å²) in [6.45, 7) is 0. The van der Waals surface area contributed by atoms with E-state index in [9.17, 15) is 13.2 Å². The quantitative estimate of drug-likeness (QED) is 0.479. The normalized spacial score (nSPS) is 43.1. The topological polar surface area (TPSA) is 0 Å². The zero-order valence-electron chi connectivity index (χ0n) is 8.20. The van der Waals surface area contributed by atoms with Crippen molar-refractivity contribution in [1.82, 2.24) is 0 Å². The Morgan fingerprint density at radius 3 is 2.14 bits per heavy atom. The molecule has 14 heavy (non-hydrogen) atoms. The summed E-state index contributed by atoms with van der Waals surface area (Å²) in [4.78, 5) is 2.01. The maximum atomic E-state index is 13.1. The van der Waals surface area contributed by atoms with Gasteiger partial charge in [-0.2, -0.15) is 0 Å². The third kappa shape index (κ3) is 1.48. The van der Waals surface area contributed by atoms with Crippen LogP contribution in [0.1, 0.15) is 32.1 Å². The molecule has 0 radical (unpaired) electrons. The van der Waals surface area contributed by atoms with E-state index in [1.807, 2.05) is 4.93 Å². The first-order valence-corrected chi connectivity index (χ1v) is 8.45. The molecule has 2 bridgehead atoms. The van der Waals surface area contributed by atoms with Gasteiger partial charge in [0.05, 0.1) is 0 Å². The van der Waals surface area contributed by atoms with Crippen LogP contribution in [0.2, 0.25) is 0 Å². The summed E-state index contributed by atoms with van der Waals surface area (Å²) >= 11 is -0.265. The first-order valence-electron chi connectivity index (χ1n) is 5.04. The van der Waals surface area contributed by atoms with Crippen LogP contribution < -0.4 is 21.2 Å². The van der Waals surface area contributed by atoms with E-state index in [0.29, 0.717) is 18.8 Å². The van der Waals surface area contributed by atoms with Crippen molar-refractivity contribution in [1.29, 1.82) is 0 Å². The standard InChI is InChI=1S/C10H15F3I/c1-14-8-6-7-2-4-9(8,5-3-7)10(11,12)13/h7-8H,2-6H2,1H3/q-1. The summed E-state index contributed by atoms with van der Waals surface area (Å²) < 4.78 is 39.2. The van der Waals surface area contributed by atoms with Crippen LogP contribution in [0.15, 0.2) is 0 Å². The van der Waals surface area contributed by atoms with Gasteiger partial charge in [-0.3, -0.25) is 0 Å². The molecule has 3 fully saturated rings. The predicted molar refractivity (Wildman–Crippen MR) is 44.8 cm³/mol. The number of hydrogen-bond acceptors (Lipinski definition) is 0. The van der Waals surface area contributed by atoms with E-state index in [-0.39, 0.29) is 25.1 Å². The van der Waals surface area contributed by atoms with Crippen LogP contribution in [0.3, 0.4) is 0 Å². The van der Waals surface area contributed by atoms with Crippen LogP contribution in [0, 0.1) is 11.3 Å². The van der Waals surface area contributed by atoms with Crippen molar-refractivity contribution < 1.29 is 34.4 Å². The molecule has 4 heteroatoms. The second-order valence-electron chi connectivity index (χ2n) is 4.52. The molecule has 3 saturated carbocycles. The number of rotatable bonds is 1. The predicted octanol–water partition coefficient (Wildman–Crippen LogP) is 0.216. The molecule has 0 amide bonds. The van der Waals surface area contributed by atoms with Crippen molar-refractivity contribution in [3.8, 4) is 0 Å².